The average molecular weight is 400 g/mol. The number of thioether (sulfide) groups is 1. The van der Waals surface area contributed by atoms with E-state index in [9.17, 15) is 23.1 Å². The molecular formula is C17H23N2O5S2-. The maximum atomic E-state index is 13.0. The van der Waals surface area contributed by atoms with E-state index in [1.807, 2.05) is 0 Å². The second kappa shape index (κ2) is 9.38. The minimum atomic E-state index is -3.61. The summed E-state index contributed by atoms with van der Waals surface area (Å²) in [5.41, 5.74) is 1.00. The van der Waals surface area contributed by atoms with Gasteiger partial charge in [-0.05, 0) is 37.5 Å². The molecule has 0 atom stereocenters. The molecule has 0 aliphatic carbocycles. The van der Waals surface area contributed by atoms with Gasteiger partial charge in [-0.1, -0.05) is 18.9 Å². The summed E-state index contributed by atoms with van der Waals surface area (Å²) in [6, 6.07) is 4.77. The number of aliphatic carboxylic acids is 1. The van der Waals surface area contributed by atoms with Crippen LogP contribution < -0.4 is 10.4 Å². The number of rotatable bonds is 7. The lowest BCUT2D eigenvalue weighted by Gasteiger charge is -2.21. The first-order valence-electron chi connectivity index (χ1n) is 8.49. The Balaban J connectivity index is 2.13. The van der Waals surface area contributed by atoms with Gasteiger partial charge in [0.15, 0.2) is 0 Å². The normalized spacial score (nSPS) is 16.0. The van der Waals surface area contributed by atoms with Gasteiger partial charge < -0.3 is 15.2 Å². The van der Waals surface area contributed by atoms with Crippen molar-refractivity contribution in [1.82, 2.24) is 4.31 Å². The molecule has 1 heterocycles. The minimum absolute atomic E-state index is 0.0456. The largest absolute Gasteiger partial charge is 0.549 e. The fourth-order valence-electron chi connectivity index (χ4n) is 2.80. The van der Waals surface area contributed by atoms with Gasteiger partial charge in [0.25, 0.3) is 0 Å². The molecule has 1 saturated heterocycles. The van der Waals surface area contributed by atoms with Crippen molar-refractivity contribution in [2.75, 3.05) is 29.9 Å². The zero-order chi connectivity index (χ0) is 19.2. The molecule has 144 valence electrons. The summed E-state index contributed by atoms with van der Waals surface area (Å²) < 4.78 is 27.5. The molecule has 0 spiro atoms. The van der Waals surface area contributed by atoms with Crippen molar-refractivity contribution in [1.29, 1.82) is 0 Å². The summed E-state index contributed by atoms with van der Waals surface area (Å²) >= 11 is 0.926. The highest BCUT2D eigenvalue weighted by Crippen LogP contribution is 2.26. The summed E-state index contributed by atoms with van der Waals surface area (Å²) in [6.45, 7) is 2.75. The van der Waals surface area contributed by atoms with E-state index >= 15 is 0 Å². The second-order valence-corrected chi connectivity index (χ2v) is 9.10. The quantitative estimate of drug-likeness (QED) is 0.732. The molecule has 7 nitrogen and oxygen atoms in total. The lowest BCUT2D eigenvalue weighted by atomic mass is 10.2. The van der Waals surface area contributed by atoms with Crippen LogP contribution in [0.2, 0.25) is 0 Å². The van der Waals surface area contributed by atoms with Crippen LogP contribution in [0, 0.1) is 6.92 Å². The molecule has 26 heavy (non-hydrogen) atoms. The number of anilines is 1. The van der Waals surface area contributed by atoms with E-state index in [1.165, 1.54) is 10.4 Å². The number of aryl methyl sites for hydroxylation is 1. The fraction of sp³-hybridized carbons (Fsp3) is 0.529. The maximum Gasteiger partial charge on any atom is 0.243 e. The molecular weight excluding hydrogens is 376 g/mol. The maximum absolute atomic E-state index is 13.0. The summed E-state index contributed by atoms with van der Waals surface area (Å²) in [5, 5.41) is 13.0. The Labute approximate surface area is 158 Å². The molecule has 1 fully saturated rings. The van der Waals surface area contributed by atoms with Gasteiger partial charge in [0.05, 0.1) is 16.6 Å². The van der Waals surface area contributed by atoms with Crippen molar-refractivity contribution in [3.63, 3.8) is 0 Å². The fourth-order valence-corrected chi connectivity index (χ4v) is 5.10. The molecule has 9 heteroatoms. The van der Waals surface area contributed by atoms with Gasteiger partial charge in [-0.3, -0.25) is 4.79 Å². The summed E-state index contributed by atoms with van der Waals surface area (Å²) in [7, 11) is -3.61. The number of amides is 1. The third kappa shape index (κ3) is 5.72. The van der Waals surface area contributed by atoms with E-state index < -0.39 is 21.9 Å². The first-order valence-corrected chi connectivity index (χ1v) is 11.1. The summed E-state index contributed by atoms with van der Waals surface area (Å²) in [4.78, 5) is 22.4. The van der Waals surface area contributed by atoms with Gasteiger partial charge in [0, 0.05) is 24.5 Å². The first kappa shape index (κ1) is 20.7. The Morgan fingerprint density at radius 3 is 2.42 bits per heavy atom. The van der Waals surface area contributed by atoms with E-state index in [0.29, 0.717) is 24.3 Å². The molecule has 1 aliphatic heterocycles. The number of nitrogens with one attached hydrogen (secondary N) is 1. The molecule has 0 aromatic heterocycles. The lowest BCUT2D eigenvalue weighted by molar-refractivity contribution is -0.301. The van der Waals surface area contributed by atoms with Crippen LogP contribution in [-0.2, 0) is 19.6 Å². The predicted molar refractivity (Wildman–Crippen MR) is 99.4 cm³/mol. The Morgan fingerprint density at radius 2 is 1.81 bits per heavy atom. The van der Waals surface area contributed by atoms with Crippen molar-refractivity contribution >= 4 is 39.3 Å². The van der Waals surface area contributed by atoms with Crippen LogP contribution in [0.1, 0.15) is 31.2 Å². The highest BCUT2D eigenvalue weighted by atomic mass is 32.2. The summed E-state index contributed by atoms with van der Waals surface area (Å²) in [6.07, 6.45) is 3.77. The number of carboxylic acid groups (broad SMARTS) is 1. The predicted octanol–water partition coefficient (Wildman–Crippen LogP) is 0.981. The summed E-state index contributed by atoms with van der Waals surface area (Å²) in [5.74, 6) is -1.94. The van der Waals surface area contributed by atoms with Crippen molar-refractivity contribution in [2.24, 2.45) is 0 Å². The number of carbonyl (C=O) groups excluding carboxylic acids is 2. The molecule has 0 radical (unpaired) electrons. The van der Waals surface area contributed by atoms with Crippen LogP contribution >= 0.6 is 11.8 Å². The second-order valence-electron chi connectivity index (χ2n) is 6.21. The van der Waals surface area contributed by atoms with E-state index in [2.05, 4.69) is 5.32 Å². The topological polar surface area (TPSA) is 107 Å². The van der Waals surface area contributed by atoms with E-state index in [4.69, 9.17) is 0 Å². The Morgan fingerprint density at radius 1 is 1.15 bits per heavy atom. The molecule has 1 amide bonds. The monoisotopic (exact) mass is 399 g/mol. The van der Waals surface area contributed by atoms with E-state index in [-0.39, 0.29) is 16.4 Å². The molecule has 1 aliphatic rings. The number of benzene rings is 1. The smallest absolute Gasteiger partial charge is 0.243 e. The van der Waals surface area contributed by atoms with Gasteiger partial charge in [-0.15, -0.1) is 11.8 Å². The van der Waals surface area contributed by atoms with E-state index in [0.717, 1.165) is 37.4 Å². The molecule has 0 saturated carbocycles. The van der Waals surface area contributed by atoms with Crippen LogP contribution in [0.15, 0.2) is 23.1 Å². The van der Waals surface area contributed by atoms with Gasteiger partial charge in [0.1, 0.15) is 0 Å². The third-order valence-corrected chi connectivity index (χ3v) is 7.05. The van der Waals surface area contributed by atoms with Crippen LogP contribution in [0.5, 0.6) is 0 Å². The number of nitrogens with zero attached hydrogens (tertiary/aromatic N) is 1. The molecule has 1 aromatic rings. The van der Waals surface area contributed by atoms with Crippen LogP contribution in [0.25, 0.3) is 0 Å². The highest BCUT2D eigenvalue weighted by Gasteiger charge is 2.27. The number of carbonyl (C=O) groups is 2. The molecule has 1 aromatic carbocycles. The van der Waals surface area contributed by atoms with Crippen molar-refractivity contribution in [3.8, 4) is 0 Å². The Kier molecular flexibility index (Phi) is 7.48. The van der Waals surface area contributed by atoms with Crippen molar-refractivity contribution in [2.45, 2.75) is 37.5 Å². The van der Waals surface area contributed by atoms with Gasteiger partial charge >= 0.3 is 0 Å². The number of carboxylic acids is 1. The molecule has 1 N–H and O–H groups in total. The number of hydrogen-bond acceptors (Lipinski definition) is 6. The molecule has 0 unspecified atom stereocenters. The SMILES string of the molecule is Cc1ccc(NC(=O)CSCC(=O)[O-])cc1S(=O)(=O)N1CCCCCC1. The Bertz CT molecular complexity index is 756. The Hall–Kier alpha value is -1.58. The minimum Gasteiger partial charge on any atom is -0.549 e. The van der Waals surface area contributed by atoms with Gasteiger partial charge in [0.2, 0.25) is 15.9 Å². The zero-order valence-electron chi connectivity index (χ0n) is 14.7. The van der Waals surface area contributed by atoms with Crippen molar-refractivity contribution < 1.29 is 23.1 Å². The number of hydrogen-bond donors (Lipinski definition) is 1. The van der Waals surface area contributed by atoms with Gasteiger partial charge in [-0.25, -0.2) is 8.42 Å². The van der Waals surface area contributed by atoms with E-state index in [1.54, 1.807) is 19.1 Å². The third-order valence-electron chi connectivity index (χ3n) is 4.11. The van der Waals surface area contributed by atoms with Gasteiger partial charge in [-0.2, -0.15) is 4.31 Å². The van der Waals surface area contributed by atoms with Crippen LogP contribution in [0.3, 0.4) is 0 Å². The highest BCUT2D eigenvalue weighted by molar-refractivity contribution is 8.00. The zero-order valence-corrected chi connectivity index (χ0v) is 16.3. The van der Waals surface area contributed by atoms with Crippen LogP contribution in [0.4, 0.5) is 5.69 Å². The standard InChI is InChI=1S/C17H24N2O5S2/c1-13-6-7-14(18-16(20)11-25-12-17(21)22)10-15(13)26(23,24)19-8-4-2-3-5-9-19/h6-7,10H,2-5,8-9,11-12H2,1H3,(H,18,20)(H,21,22)/p-1. The lowest BCUT2D eigenvalue weighted by Crippen LogP contribution is -2.32. The van der Waals surface area contributed by atoms with Crippen LogP contribution in [-0.4, -0.2) is 49.2 Å². The van der Waals surface area contributed by atoms with Crippen molar-refractivity contribution in [3.05, 3.63) is 23.8 Å². The average Bonchev–Trinajstić information content (AvgIpc) is 2.86. The molecule has 2 rings (SSSR count). The molecule has 0 bridgehead atoms. The number of sulfonamides is 1. The first-order chi connectivity index (χ1) is 12.3.